The van der Waals surface area contributed by atoms with Crippen LogP contribution in [0.2, 0.25) is 0 Å². The highest BCUT2D eigenvalue weighted by molar-refractivity contribution is 5.99. The van der Waals surface area contributed by atoms with E-state index in [-0.39, 0.29) is 18.1 Å². The minimum atomic E-state index is -0.212. The Morgan fingerprint density at radius 2 is 2.08 bits per heavy atom. The predicted octanol–water partition coefficient (Wildman–Crippen LogP) is 2.73. The van der Waals surface area contributed by atoms with Gasteiger partial charge in [0.15, 0.2) is 5.58 Å². The Bertz CT molecular complexity index is 736. The maximum absolute atomic E-state index is 12.4. The Balaban J connectivity index is 1.44. The second-order valence-electron chi connectivity index (χ2n) is 6.63. The quantitative estimate of drug-likeness (QED) is 0.909. The second kappa shape index (κ2) is 6.45. The summed E-state index contributed by atoms with van der Waals surface area (Å²) in [5.41, 5.74) is 1.40. The van der Waals surface area contributed by atoms with Gasteiger partial charge in [-0.05, 0) is 45.0 Å². The number of furan rings is 1. The summed E-state index contributed by atoms with van der Waals surface area (Å²) in [6, 6.07) is 7.80. The molecule has 0 saturated carbocycles. The summed E-state index contributed by atoms with van der Waals surface area (Å²) in [5.74, 6) is 0.831. The van der Waals surface area contributed by atoms with Gasteiger partial charge in [0.25, 0.3) is 0 Å². The largest absolute Gasteiger partial charge is 0.459 e. The standard InChI is InChI=1S/C18H23N3O3/c1-12-9-13-5-4-6-14(17(13)24-12)19-18(22)20-15-10-23-11-16(15)21-7-2-3-8-21/h4-6,9,15-16H,2-3,7-8,10-11H2,1H3,(H2,19,20,22). The van der Waals surface area contributed by atoms with E-state index in [9.17, 15) is 4.79 Å². The zero-order valence-corrected chi connectivity index (χ0v) is 13.9. The molecule has 2 unspecified atom stereocenters. The Hall–Kier alpha value is -2.05. The van der Waals surface area contributed by atoms with Crippen LogP contribution in [-0.2, 0) is 4.74 Å². The van der Waals surface area contributed by atoms with Gasteiger partial charge in [-0.15, -0.1) is 0 Å². The summed E-state index contributed by atoms with van der Waals surface area (Å²) < 4.78 is 11.3. The lowest BCUT2D eigenvalue weighted by Crippen LogP contribution is -2.51. The monoisotopic (exact) mass is 329 g/mol. The molecule has 6 heteroatoms. The van der Waals surface area contributed by atoms with Crippen LogP contribution < -0.4 is 10.6 Å². The number of ether oxygens (including phenoxy) is 1. The zero-order valence-electron chi connectivity index (χ0n) is 13.9. The minimum absolute atomic E-state index is 0.0284. The molecule has 0 radical (unpaired) electrons. The first-order valence-corrected chi connectivity index (χ1v) is 8.59. The van der Waals surface area contributed by atoms with Crippen LogP contribution in [-0.4, -0.2) is 49.3 Å². The van der Waals surface area contributed by atoms with Crippen LogP contribution in [0.3, 0.4) is 0 Å². The van der Waals surface area contributed by atoms with Gasteiger partial charge < -0.3 is 19.8 Å². The fraction of sp³-hybridized carbons (Fsp3) is 0.500. The molecule has 2 aliphatic heterocycles. The molecule has 4 rings (SSSR count). The number of hydrogen-bond acceptors (Lipinski definition) is 4. The van der Waals surface area contributed by atoms with Gasteiger partial charge >= 0.3 is 6.03 Å². The van der Waals surface area contributed by atoms with Crippen molar-refractivity contribution in [2.75, 3.05) is 31.6 Å². The Labute approximate surface area is 141 Å². The van der Waals surface area contributed by atoms with E-state index in [1.165, 1.54) is 12.8 Å². The van der Waals surface area contributed by atoms with Gasteiger partial charge in [-0.25, -0.2) is 4.79 Å². The second-order valence-corrected chi connectivity index (χ2v) is 6.63. The molecule has 0 aliphatic carbocycles. The average Bonchev–Trinajstić information content (AvgIpc) is 3.26. The van der Waals surface area contributed by atoms with Gasteiger partial charge in [0.2, 0.25) is 0 Å². The molecule has 2 amide bonds. The number of fused-ring (bicyclic) bond motifs is 1. The van der Waals surface area contributed by atoms with Crippen LogP contribution in [0.5, 0.6) is 0 Å². The molecular weight excluding hydrogens is 306 g/mol. The maximum Gasteiger partial charge on any atom is 0.319 e. The van der Waals surface area contributed by atoms with E-state index >= 15 is 0 Å². The number of carbonyl (C=O) groups is 1. The van der Waals surface area contributed by atoms with Crippen molar-refractivity contribution < 1.29 is 13.9 Å². The van der Waals surface area contributed by atoms with Gasteiger partial charge in [0.05, 0.1) is 31.0 Å². The van der Waals surface area contributed by atoms with Gasteiger partial charge in [0, 0.05) is 5.39 Å². The number of aryl methyl sites for hydroxylation is 1. The molecule has 128 valence electrons. The molecule has 2 aromatic rings. The molecule has 0 spiro atoms. The van der Waals surface area contributed by atoms with Gasteiger partial charge in [-0.2, -0.15) is 0 Å². The first-order valence-electron chi connectivity index (χ1n) is 8.59. The number of para-hydroxylation sites is 1. The summed E-state index contributed by atoms with van der Waals surface area (Å²) in [5, 5.41) is 6.98. The molecule has 2 saturated heterocycles. The highest BCUT2D eigenvalue weighted by atomic mass is 16.5. The van der Waals surface area contributed by atoms with E-state index in [2.05, 4.69) is 15.5 Å². The van der Waals surface area contributed by atoms with E-state index < -0.39 is 0 Å². The van der Waals surface area contributed by atoms with Crippen molar-refractivity contribution in [2.45, 2.75) is 31.8 Å². The Morgan fingerprint density at radius 3 is 2.92 bits per heavy atom. The highest BCUT2D eigenvalue weighted by Gasteiger charge is 2.35. The van der Waals surface area contributed by atoms with Crippen molar-refractivity contribution in [1.29, 1.82) is 0 Å². The summed E-state index contributed by atoms with van der Waals surface area (Å²) >= 11 is 0. The number of anilines is 1. The van der Waals surface area contributed by atoms with Gasteiger partial charge in [-0.1, -0.05) is 12.1 Å². The highest BCUT2D eigenvalue weighted by Crippen LogP contribution is 2.26. The zero-order chi connectivity index (χ0) is 16.5. The molecule has 2 atom stereocenters. The smallest absolute Gasteiger partial charge is 0.319 e. The van der Waals surface area contributed by atoms with E-state index in [0.717, 1.165) is 24.2 Å². The number of carbonyl (C=O) groups excluding carboxylic acids is 1. The van der Waals surface area contributed by atoms with Crippen molar-refractivity contribution in [3.05, 3.63) is 30.0 Å². The lowest BCUT2D eigenvalue weighted by atomic mass is 10.1. The normalized spacial score (nSPS) is 24.5. The summed E-state index contributed by atoms with van der Waals surface area (Å²) in [7, 11) is 0. The number of hydrogen-bond donors (Lipinski definition) is 2. The third kappa shape index (κ3) is 2.99. The van der Waals surface area contributed by atoms with Crippen molar-refractivity contribution in [2.24, 2.45) is 0 Å². The molecule has 2 aliphatic rings. The van der Waals surface area contributed by atoms with Crippen molar-refractivity contribution in [3.63, 3.8) is 0 Å². The van der Waals surface area contributed by atoms with Crippen molar-refractivity contribution in [1.82, 2.24) is 10.2 Å². The summed E-state index contributed by atoms with van der Waals surface area (Å²) in [6.45, 7) is 5.36. The number of nitrogens with zero attached hydrogens (tertiary/aromatic N) is 1. The maximum atomic E-state index is 12.4. The molecule has 1 aromatic heterocycles. The molecule has 0 bridgehead atoms. The van der Waals surface area contributed by atoms with Crippen molar-refractivity contribution >= 4 is 22.7 Å². The van der Waals surface area contributed by atoms with Gasteiger partial charge in [0.1, 0.15) is 5.76 Å². The van der Waals surface area contributed by atoms with Crippen molar-refractivity contribution in [3.8, 4) is 0 Å². The molecule has 2 fully saturated rings. The van der Waals surface area contributed by atoms with Crippen LogP contribution in [0, 0.1) is 6.92 Å². The Morgan fingerprint density at radius 1 is 1.25 bits per heavy atom. The number of likely N-dealkylation sites (tertiary alicyclic amines) is 1. The fourth-order valence-electron chi connectivity index (χ4n) is 3.73. The number of nitrogens with one attached hydrogen (secondary N) is 2. The Kier molecular flexibility index (Phi) is 4.16. The van der Waals surface area contributed by atoms with E-state index in [0.29, 0.717) is 24.5 Å². The van der Waals surface area contributed by atoms with Crippen LogP contribution >= 0.6 is 0 Å². The average molecular weight is 329 g/mol. The van der Waals surface area contributed by atoms with E-state index in [4.69, 9.17) is 9.15 Å². The third-order valence-electron chi connectivity index (χ3n) is 4.89. The molecule has 3 heterocycles. The lowest BCUT2D eigenvalue weighted by Gasteiger charge is -2.27. The van der Waals surface area contributed by atoms with Crippen LogP contribution in [0.4, 0.5) is 10.5 Å². The summed E-state index contributed by atoms with van der Waals surface area (Å²) in [4.78, 5) is 14.9. The topological polar surface area (TPSA) is 66.7 Å². The molecule has 1 aromatic carbocycles. The minimum Gasteiger partial charge on any atom is -0.459 e. The van der Waals surface area contributed by atoms with Gasteiger partial charge in [-0.3, -0.25) is 4.90 Å². The number of urea groups is 1. The lowest BCUT2D eigenvalue weighted by molar-refractivity contribution is 0.159. The van der Waals surface area contributed by atoms with Crippen LogP contribution in [0.15, 0.2) is 28.7 Å². The van der Waals surface area contributed by atoms with Crippen LogP contribution in [0.25, 0.3) is 11.0 Å². The molecule has 24 heavy (non-hydrogen) atoms. The number of amides is 2. The summed E-state index contributed by atoms with van der Waals surface area (Å²) in [6.07, 6.45) is 2.46. The fourth-order valence-corrected chi connectivity index (χ4v) is 3.73. The van der Waals surface area contributed by atoms with E-state index in [1.807, 2.05) is 31.2 Å². The number of rotatable bonds is 3. The van der Waals surface area contributed by atoms with Crippen LogP contribution in [0.1, 0.15) is 18.6 Å². The predicted molar refractivity (Wildman–Crippen MR) is 92.3 cm³/mol. The SMILES string of the molecule is Cc1cc2cccc(NC(=O)NC3COCC3N3CCCC3)c2o1. The molecule has 6 nitrogen and oxygen atoms in total. The third-order valence-corrected chi connectivity index (χ3v) is 4.89. The molecule has 2 N–H and O–H groups in total. The molecular formula is C18H23N3O3. The number of benzene rings is 1. The first kappa shape index (κ1) is 15.5. The van der Waals surface area contributed by atoms with E-state index in [1.54, 1.807) is 0 Å². The first-order chi connectivity index (χ1) is 11.7.